The van der Waals surface area contributed by atoms with Crippen LogP contribution in [0.4, 0.5) is 0 Å². The summed E-state index contributed by atoms with van der Waals surface area (Å²) in [5.74, 6) is -1.40. The quantitative estimate of drug-likeness (QED) is 0.863. The summed E-state index contributed by atoms with van der Waals surface area (Å²) in [5, 5.41) is 9.00. The molecule has 0 spiro atoms. The number of carboxylic acids is 1. The Bertz CT molecular complexity index is 576. The first-order valence-corrected chi connectivity index (χ1v) is 8.02. The molecule has 20 heavy (non-hydrogen) atoms. The van der Waals surface area contributed by atoms with Crippen LogP contribution in [0.25, 0.3) is 0 Å². The van der Waals surface area contributed by atoms with Crippen molar-refractivity contribution in [3.8, 4) is 0 Å². The first-order chi connectivity index (χ1) is 9.38. The van der Waals surface area contributed by atoms with Crippen LogP contribution in [-0.2, 0) is 19.1 Å². The Morgan fingerprint density at radius 1 is 1.25 bits per heavy atom. The fraction of sp³-hybridized carbons (Fsp3) is 0.500. The van der Waals surface area contributed by atoms with Crippen molar-refractivity contribution in [2.45, 2.75) is 43.6 Å². The first-order valence-electron chi connectivity index (χ1n) is 6.61. The molecule has 2 atom stereocenters. The Morgan fingerprint density at radius 2 is 1.90 bits per heavy atom. The molecule has 0 bridgehead atoms. The molecule has 0 amide bonds. The minimum atomic E-state index is -3.82. The van der Waals surface area contributed by atoms with Gasteiger partial charge in [0.15, 0.2) is 0 Å². The number of rotatable bonds is 4. The molecule has 0 heterocycles. The molecule has 1 fully saturated rings. The molecule has 0 radical (unpaired) electrons. The third-order valence-corrected chi connectivity index (χ3v) is 4.92. The summed E-state index contributed by atoms with van der Waals surface area (Å²) in [4.78, 5) is 11.1. The number of carbonyl (C=O) groups is 1. The molecule has 0 aromatic heterocycles. The third kappa shape index (κ3) is 3.58. The number of hydrogen-bond donors (Lipinski definition) is 1. The van der Waals surface area contributed by atoms with Crippen molar-refractivity contribution in [1.29, 1.82) is 0 Å². The summed E-state index contributed by atoms with van der Waals surface area (Å²) in [6.45, 7) is 1.87. The van der Waals surface area contributed by atoms with E-state index in [1.807, 2.05) is 6.92 Å². The average molecular weight is 298 g/mol. The van der Waals surface area contributed by atoms with E-state index in [4.69, 9.17) is 9.29 Å². The largest absolute Gasteiger partial charge is 0.481 e. The number of aryl methyl sites for hydroxylation is 1. The van der Waals surface area contributed by atoms with E-state index >= 15 is 0 Å². The third-order valence-electron chi connectivity index (χ3n) is 3.55. The minimum absolute atomic E-state index is 0.112. The van der Waals surface area contributed by atoms with Crippen molar-refractivity contribution < 1.29 is 22.5 Å². The molecule has 1 saturated carbocycles. The highest BCUT2D eigenvalue weighted by Crippen LogP contribution is 2.29. The fourth-order valence-corrected chi connectivity index (χ4v) is 3.51. The summed E-state index contributed by atoms with van der Waals surface area (Å²) in [6, 6.07) is 6.42. The van der Waals surface area contributed by atoms with Gasteiger partial charge in [0, 0.05) is 0 Å². The van der Waals surface area contributed by atoms with Crippen LogP contribution in [0.3, 0.4) is 0 Å². The molecule has 1 N–H and O–H groups in total. The second-order valence-corrected chi connectivity index (χ2v) is 6.76. The molecule has 0 aliphatic heterocycles. The van der Waals surface area contributed by atoms with Crippen LogP contribution in [0.1, 0.15) is 31.2 Å². The number of hydrogen-bond acceptors (Lipinski definition) is 4. The van der Waals surface area contributed by atoms with E-state index in [-0.39, 0.29) is 11.3 Å². The Morgan fingerprint density at radius 3 is 2.50 bits per heavy atom. The van der Waals surface area contributed by atoms with E-state index in [2.05, 4.69) is 0 Å². The Kier molecular flexibility index (Phi) is 4.45. The Labute approximate surface area is 118 Å². The van der Waals surface area contributed by atoms with Gasteiger partial charge < -0.3 is 5.11 Å². The van der Waals surface area contributed by atoms with Crippen LogP contribution in [-0.4, -0.2) is 25.6 Å². The smallest absolute Gasteiger partial charge is 0.306 e. The maximum absolute atomic E-state index is 12.1. The standard InChI is InChI=1S/C14H18O5S/c1-10-5-7-13(8-6-10)20(17,18)19-12-4-2-3-11(9-12)14(15)16/h5-8,11-12H,2-4,9H2,1H3,(H,15,16)/t11-,12+/m0/s1. The highest BCUT2D eigenvalue weighted by Gasteiger charge is 2.31. The van der Waals surface area contributed by atoms with E-state index in [1.54, 1.807) is 12.1 Å². The molecule has 1 aliphatic carbocycles. The van der Waals surface area contributed by atoms with E-state index < -0.39 is 28.1 Å². The minimum Gasteiger partial charge on any atom is -0.481 e. The predicted molar refractivity (Wildman–Crippen MR) is 72.8 cm³/mol. The van der Waals surface area contributed by atoms with Crippen LogP contribution in [0.2, 0.25) is 0 Å². The van der Waals surface area contributed by atoms with Crippen LogP contribution < -0.4 is 0 Å². The first kappa shape index (κ1) is 15.0. The summed E-state index contributed by atoms with van der Waals surface area (Å²) >= 11 is 0. The lowest BCUT2D eigenvalue weighted by molar-refractivity contribution is -0.143. The molecule has 1 aliphatic rings. The molecule has 6 heteroatoms. The fourth-order valence-electron chi connectivity index (χ4n) is 2.40. The lowest BCUT2D eigenvalue weighted by Crippen LogP contribution is -2.29. The molecule has 1 aromatic rings. The molecular weight excluding hydrogens is 280 g/mol. The van der Waals surface area contributed by atoms with Crippen LogP contribution in [0.5, 0.6) is 0 Å². The molecular formula is C14H18O5S. The van der Waals surface area contributed by atoms with Gasteiger partial charge in [-0.25, -0.2) is 0 Å². The maximum atomic E-state index is 12.1. The number of benzene rings is 1. The molecule has 0 unspecified atom stereocenters. The van der Waals surface area contributed by atoms with Crippen molar-refractivity contribution in [3.05, 3.63) is 29.8 Å². The van der Waals surface area contributed by atoms with Crippen molar-refractivity contribution in [2.75, 3.05) is 0 Å². The highest BCUT2D eigenvalue weighted by molar-refractivity contribution is 7.86. The Hall–Kier alpha value is -1.40. The highest BCUT2D eigenvalue weighted by atomic mass is 32.2. The zero-order valence-electron chi connectivity index (χ0n) is 11.3. The van der Waals surface area contributed by atoms with Gasteiger partial charge in [0.2, 0.25) is 0 Å². The van der Waals surface area contributed by atoms with E-state index in [9.17, 15) is 13.2 Å². The van der Waals surface area contributed by atoms with E-state index in [1.165, 1.54) is 12.1 Å². The second kappa shape index (κ2) is 5.93. The van der Waals surface area contributed by atoms with Crippen LogP contribution in [0.15, 0.2) is 29.2 Å². The monoisotopic (exact) mass is 298 g/mol. The van der Waals surface area contributed by atoms with Gasteiger partial charge in [-0.15, -0.1) is 0 Å². The topological polar surface area (TPSA) is 80.7 Å². The molecule has 110 valence electrons. The lowest BCUT2D eigenvalue weighted by atomic mass is 9.87. The van der Waals surface area contributed by atoms with E-state index in [0.717, 1.165) is 5.56 Å². The van der Waals surface area contributed by atoms with Gasteiger partial charge in [0.1, 0.15) is 0 Å². The maximum Gasteiger partial charge on any atom is 0.306 e. The van der Waals surface area contributed by atoms with Gasteiger partial charge in [-0.3, -0.25) is 8.98 Å². The van der Waals surface area contributed by atoms with E-state index in [0.29, 0.717) is 19.3 Å². The van der Waals surface area contributed by atoms with Crippen molar-refractivity contribution in [2.24, 2.45) is 5.92 Å². The summed E-state index contributed by atoms with van der Waals surface area (Å²) in [7, 11) is -3.82. The van der Waals surface area contributed by atoms with Gasteiger partial charge in [-0.05, 0) is 44.7 Å². The zero-order valence-corrected chi connectivity index (χ0v) is 12.1. The zero-order chi connectivity index (χ0) is 14.8. The molecule has 5 nitrogen and oxygen atoms in total. The van der Waals surface area contributed by atoms with Crippen LogP contribution >= 0.6 is 0 Å². The Balaban J connectivity index is 2.08. The predicted octanol–water partition coefficient (Wildman–Crippen LogP) is 2.34. The molecule has 2 rings (SSSR count). The van der Waals surface area contributed by atoms with Gasteiger partial charge >= 0.3 is 5.97 Å². The summed E-state index contributed by atoms with van der Waals surface area (Å²) < 4.78 is 29.4. The molecule has 0 saturated heterocycles. The van der Waals surface area contributed by atoms with Crippen molar-refractivity contribution in [1.82, 2.24) is 0 Å². The van der Waals surface area contributed by atoms with Gasteiger partial charge in [0.25, 0.3) is 10.1 Å². The number of carboxylic acid groups (broad SMARTS) is 1. The van der Waals surface area contributed by atoms with Gasteiger partial charge in [-0.1, -0.05) is 17.7 Å². The van der Waals surface area contributed by atoms with Gasteiger partial charge in [0.05, 0.1) is 16.9 Å². The summed E-state index contributed by atoms with van der Waals surface area (Å²) in [5.41, 5.74) is 0.965. The number of aliphatic carboxylic acids is 1. The van der Waals surface area contributed by atoms with Gasteiger partial charge in [-0.2, -0.15) is 8.42 Å². The summed E-state index contributed by atoms with van der Waals surface area (Å²) in [6.07, 6.45) is 1.54. The SMILES string of the molecule is Cc1ccc(S(=O)(=O)O[C@@H]2CCC[C@H](C(=O)O)C2)cc1. The second-order valence-electron chi connectivity index (χ2n) is 5.19. The normalized spacial score (nSPS) is 23.4. The lowest BCUT2D eigenvalue weighted by Gasteiger charge is -2.26. The van der Waals surface area contributed by atoms with Crippen molar-refractivity contribution in [3.63, 3.8) is 0 Å². The average Bonchev–Trinajstić information content (AvgIpc) is 2.39. The van der Waals surface area contributed by atoms with Crippen molar-refractivity contribution >= 4 is 16.1 Å². The van der Waals surface area contributed by atoms with Crippen LogP contribution in [0, 0.1) is 12.8 Å². The molecule has 1 aromatic carbocycles.